The molecule has 3 N–H and O–H groups in total. The fourth-order valence-corrected chi connectivity index (χ4v) is 2.78. The summed E-state index contributed by atoms with van der Waals surface area (Å²) in [4.78, 5) is 20.3. The zero-order valence-corrected chi connectivity index (χ0v) is 13.6. The van der Waals surface area contributed by atoms with Crippen molar-refractivity contribution >= 4 is 28.1 Å². The van der Waals surface area contributed by atoms with Gasteiger partial charge in [-0.15, -0.1) is 11.3 Å². The van der Waals surface area contributed by atoms with E-state index in [9.17, 15) is 9.90 Å². The minimum Gasteiger partial charge on any atom is -0.508 e. The SMILES string of the molecule is O=C(NCCc1ccc(O)cc1)c1csc(Nc2ccncc2)n1. The molecule has 6 nitrogen and oxygen atoms in total. The second-order valence-electron chi connectivity index (χ2n) is 5.07. The largest absolute Gasteiger partial charge is 0.508 e. The van der Waals surface area contributed by atoms with Gasteiger partial charge >= 0.3 is 0 Å². The van der Waals surface area contributed by atoms with Crippen LogP contribution >= 0.6 is 11.3 Å². The topological polar surface area (TPSA) is 87.1 Å². The summed E-state index contributed by atoms with van der Waals surface area (Å²) < 4.78 is 0. The molecule has 3 rings (SSSR count). The van der Waals surface area contributed by atoms with Crippen molar-refractivity contribution in [1.82, 2.24) is 15.3 Å². The van der Waals surface area contributed by atoms with Crippen LogP contribution in [-0.4, -0.2) is 27.5 Å². The van der Waals surface area contributed by atoms with E-state index < -0.39 is 0 Å². The Bertz CT molecular complexity index is 803. The van der Waals surface area contributed by atoms with Gasteiger partial charge in [0, 0.05) is 30.0 Å². The number of nitrogens with zero attached hydrogens (tertiary/aromatic N) is 2. The summed E-state index contributed by atoms with van der Waals surface area (Å²) in [5.41, 5.74) is 2.31. The maximum absolute atomic E-state index is 12.1. The fourth-order valence-electron chi connectivity index (χ4n) is 2.07. The Labute approximate surface area is 143 Å². The highest BCUT2D eigenvalue weighted by Crippen LogP contribution is 2.20. The predicted molar refractivity (Wildman–Crippen MR) is 93.8 cm³/mol. The molecule has 1 aromatic carbocycles. The van der Waals surface area contributed by atoms with Crippen LogP contribution in [0.25, 0.3) is 0 Å². The second-order valence-corrected chi connectivity index (χ2v) is 5.93. The lowest BCUT2D eigenvalue weighted by atomic mass is 10.1. The van der Waals surface area contributed by atoms with Crippen LogP contribution in [0.5, 0.6) is 5.75 Å². The Kier molecular flexibility index (Phi) is 5.02. The summed E-state index contributed by atoms with van der Waals surface area (Å²) in [6.45, 7) is 0.508. The third kappa shape index (κ3) is 4.30. The normalized spacial score (nSPS) is 10.3. The molecular formula is C17H16N4O2S. The number of benzene rings is 1. The minimum absolute atomic E-state index is 0.201. The van der Waals surface area contributed by atoms with Gasteiger partial charge in [0.05, 0.1) is 0 Å². The summed E-state index contributed by atoms with van der Waals surface area (Å²) in [6, 6.07) is 10.6. The Balaban J connectivity index is 1.51. The third-order valence-electron chi connectivity index (χ3n) is 3.30. The average Bonchev–Trinajstić information content (AvgIpc) is 3.06. The van der Waals surface area contributed by atoms with Gasteiger partial charge in [-0.25, -0.2) is 4.98 Å². The number of aromatic hydroxyl groups is 1. The number of anilines is 2. The number of nitrogens with one attached hydrogen (secondary N) is 2. The van der Waals surface area contributed by atoms with Crippen molar-refractivity contribution in [3.63, 3.8) is 0 Å². The van der Waals surface area contributed by atoms with E-state index in [-0.39, 0.29) is 11.7 Å². The lowest BCUT2D eigenvalue weighted by Crippen LogP contribution is -2.25. The number of phenols is 1. The second kappa shape index (κ2) is 7.56. The number of aromatic nitrogens is 2. The van der Waals surface area contributed by atoms with Crippen LogP contribution in [-0.2, 0) is 6.42 Å². The number of hydrogen-bond donors (Lipinski definition) is 3. The standard InChI is InChI=1S/C17H16N4O2S/c22-14-3-1-12(2-4-14)5-10-19-16(23)15-11-24-17(21-15)20-13-6-8-18-9-7-13/h1-4,6-9,11,22H,5,10H2,(H,19,23)(H,18,20,21). The van der Waals surface area contributed by atoms with Gasteiger partial charge in [0.2, 0.25) is 0 Å². The van der Waals surface area contributed by atoms with E-state index in [4.69, 9.17) is 0 Å². The molecule has 0 spiro atoms. The maximum Gasteiger partial charge on any atom is 0.270 e. The molecular weight excluding hydrogens is 324 g/mol. The molecule has 7 heteroatoms. The first-order chi connectivity index (χ1) is 11.7. The Hall–Kier alpha value is -2.93. The molecule has 0 atom stereocenters. The van der Waals surface area contributed by atoms with Gasteiger partial charge in [-0.3, -0.25) is 9.78 Å². The maximum atomic E-state index is 12.1. The van der Waals surface area contributed by atoms with E-state index in [1.807, 2.05) is 24.3 Å². The first-order valence-corrected chi connectivity index (χ1v) is 8.27. The van der Waals surface area contributed by atoms with Crippen molar-refractivity contribution in [3.8, 4) is 5.75 Å². The first kappa shape index (κ1) is 15.9. The molecule has 0 unspecified atom stereocenters. The van der Waals surface area contributed by atoms with Gasteiger partial charge in [-0.05, 0) is 36.2 Å². The molecule has 0 saturated carbocycles. The lowest BCUT2D eigenvalue weighted by molar-refractivity contribution is 0.0950. The highest BCUT2D eigenvalue weighted by atomic mass is 32.1. The summed E-state index contributed by atoms with van der Waals surface area (Å²) in [7, 11) is 0. The molecule has 0 bridgehead atoms. The average molecular weight is 340 g/mol. The van der Waals surface area contributed by atoms with Crippen molar-refractivity contribution < 1.29 is 9.90 Å². The Morgan fingerprint density at radius 1 is 1.12 bits per heavy atom. The van der Waals surface area contributed by atoms with E-state index in [1.54, 1.807) is 29.9 Å². The van der Waals surface area contributed by atoms with Crippen LogP contribution in [0.2, 0.25) is 0 Å². The molecule has 0 aliphatic rings. The number of carbonyl (C=O) groups excluding carboxylic acids is 1. The number of pyridine rings is 1. The van der Waals surface area contributed by atoms with E-state index in [0.29, 0.717) is 23.8 Å². The van der Waals surface area contributed by atoms with Crippen molar-refractivity contribution in [3.05, 3.63) is 65.4 Å². The molecule has 0 aliphatic carbocycles. The van der Waals surface area contributed by atoms with Crippen LogP contribution in [0.15, 0.2) is 54.2 Å². The van der Waals surface area contributed by atoms with Gasteiger partial charge in [0.1, 0.15) is 11.4 Å². The number of amides is 1. The van der Waals surface area contributed by atoms with Gasteiger partial charge < -0.3 is 15.7 Å². The molecule has 3 aromatic rings. The van der Waals surface area contributed by atoms with Crippen LogP contribution in [0, 0.1) is 0 Å². The van der Waals surface area contributed by atoms with Gasteiger partial charge in [0.15, 0.2) is 5.13 Å². The number of hydrogen-bond acceptors (Lipinski definition) is 6. The smallest absolute Gasteiger partial charge is 0.270 e. The Morgan fingerprint density at radius 2 is 1.88 bits per heavy atom. The van der Waals surface area contributed by atoms with Crippen molar-refractivity contribution in [2.24, 2.45) is 0 Å². The van der Waals surface area contributed by atoms with E-state index in [1.165, 1.54) is 11.3 Å². The molecule has 0 fully saturated rings. The van der Waals surface area contributed by atoms with E-state index in [2.05, 4.69) is 20.6 Å². The zero-order valence-electron chi connectivity index (χ0n) is 12.8. The summed E-state index contributed by atoms with van der Waals surface area (Å²) in [6.07, 6.45) is 4.07. The third-order valence-corrected chi connectivity index (χ3v) is 4.06. The fraction of sp³-hybridized carbons (Fsp3) is 0.118. The van der Waals surface area contributed by atoms with Crippen LogP contribution in [0.4, 0.5) is 10.8 Å². The zero-order chi connectivity index (χ0) is 16.8. The minimum atomic E-state index is -0.201. The molecule has 122 valence electrons. The van der Waals surface area contributed by atoms with Crippen molar-refractivity contribution in [2.75, 3.05) is 11.9 Å². The molecule has 1 amide bonds. The lowest BCUT2D eigenvalue weighted by Gasteiger charge is -2.04. The monoisotopic (exact) mass is 340 g/mol. The predicted octanol–water partition coefficient (Wildman–Crippen LogP) is 2.96. The molecule has 0 saturated heterocycles. The number of rotatable bonds is 6. The first-order valence-electron chi connectivity index (χ1n) is 7.39. The number of carbonyl (C=O) groups is 1. The highest BCUT2D eigenvalue weighted by Gasteiger charge is 2.10. The molecule has 2 aromatic heterocycles. The van der Waals surface area contributed by atoms with E-state index in [0.717, 1.165) is 11.3 Å². The summed E-state index contributed by atoms with van der Waals surface area (Å²) in [5.74, 6) is 0.0345. The Morgan fingerprint density at radius 3 is 2.62 bits per heavy atom. The molecule has 24 heavy (non-hydrogen) atoms. The van der Waals surface area contributed by atoms with Gasteiger partial charge in [0.25, 0.3) is 5.91 Å². The van der Waals surface area contributed by atoms with Crippen LogP contribution in [0.1, 0.15) is 16.1 Å². The van der Waals surface area contributed by atoms with Crippen LogP contribution < -0.4 is 10.6 Å². The molecule has 0 aliphatic heterocycles. The molecule has 0 radical (unpaired) electrons. The number of thiazole rings is 1. The van der Waals surface area contributed by atoms with Crippen molar-refractivity contribution in [1.29, 1.82) is 0 Å². The summed E-state index contributed by atoms with van der Waals surface area (Å²) >= 11 is 1.37. The van der Waals surface area contributed by atoms with Gasteiger partial charge in [-0.1, -0.05) is 12.1 Å². The molecule has 2 heterocycles. The summed E-state index contributed by atoms with van der Waals surface area (Å²) in [5, 5.41) is 17.6. The van der Waals surface area contributed by atoms with E-state index >= 15 is 0 Å². The quantitative estimate of drug-likeness (QED) is 0.642. The van der Waals surface area contributed by atoms with Gasteiger partial charge in [-0.2, -0.15) is 0 Å². The number of phenolic OH excluding ortho intramolecular Hbond substituents is 1. The highest BCUT2D eigenvalue weighted by molar-refractivity contribution is 7.14. The van der Waals surface area contributed by atoms with Crippen LogP contribution in [0.3, 0.4) is 0 Å². The van der Waals surface area contributed by atoms with Crippen molar-refractivity contribution in [2.45, 2.75) is 6.42 Å².